The van der Waals surface area contributed by atoms with Crippen LogP contribution in [0.15, 0.2) is 139 Å². The van der Waals surface area contributed by atoms with E-state index in [4.69, 9.17) is 31.5 Å². The molecule has 216 valence electrons. The largest absolute Gasteiger partial charge is 0.489 e. The minimum Gasteiger partial charge on any atom is -0.489 e. The molecule has 0 bridgehead atoms. The second kappa shape index (κ2) is 12.8. The van der Waals surface area contributed by atoms with Crippen LogP contribution in [0, 0.1) is 11.3 Å². The Morgan fingerprint density at radius 2 is 1.45 bits per heavy atom. The Hall–Kier alpha value is -5.51. The van der Waals surface area contributed by atoms with Crippen molar-refractivity contribution in [2.45, 2.75) is 18.4 Å². The third kappa shape index (κ3) is 6.00. The molecular weight excluding hydrogens is 572 g/mol. The van der Waals surface area contributed by atoms with Crippen LogP contribution in [-0.2, 0) is 11.4 Å². The number of fused-ring (bicyclic) bond motifs is 1. The van der Waals surface area contributed by atoms with Crippen molar-refractivity contribution in [3.05, 3.63) is 172 Å². The summed E-state index contributed by atoms with van der Waals surface area (Å²) in [5.74, 6) is -0.150. The summed E-state index contributed by atoms with van der Waals surface area (Å²) in [6.07, 6.45) is 0. The van der Waals surface area contributed by atoms with E-state index in [1.807, 2.05) is 109 Å². The maximum absolute atomic E-state index is 13.6. The molecule has 0 radical (unpaired) electrons. The SMILES string of the molecule is N#CC1=C(N)Oc2cc(OC(=O)C(c3ccccc3)c3ccccc3)ccc2C1c1ccc(OCc2ccccc2Cl)cc1. The fourth-order valence-electron chi connectivity index (χ4n) is 5.31. The molecule has 6 nitrogen and oxygen atoms in total. The van der Waals surface area contributed by atoms with Crippen LogP contribution < -0.4 is 19.9 Å². The number of ether oxygens (including phenoxy) is 3. The lowest BCUT2D eigenvalue weighted by atomic mass is 9.83. The minimum atomic E-state index is -0.615. The maximum Gasteiger partial charge on any atom is 0.323 e. The fraction of sp³-hybridized carbons (Fsp3) is 0.0811. The normalized spacial score (nSPS) is 13.9. The standard InChI is InChI=1S/C37H27ClN2O4/c38-32-14-8-7-13-27(32)23-42-28-17-15-26(16-18-28)35-30-20-19-29(21-33(30)44-36(40)31(35)22-39)43-37(41)34(24-9-3-1-4-10-24)25-11-5-2-6-12-25/h1-21,34-35H,23,40H2. The van der Waals surface area contributed by atoms with Crippen molar-refractivity contribution in [3.63, 3.8) is 0 Å². The molecule has 6 rings (SSSR count). The zero-order chi connectivity index (χ0) is 30.5. The number of hydrogen-bond donors (Lipinski definition) is 1. The topological polar surface area (TPSA) is 94.6 Å². The molecule has 5 aromatic carbocycles. The first-order valence-electron chi connectivity index (χ1n) is 14.0. The summed E-state index contributed by atoms with van der Waals surface area (Å²) in [5.41, 5.74) is 10.6. The molecule has 1 atom stereocenters. The highest BCUT2D eigenvalue weighted by Gasteiger charge is 2.32. The van der Waals surface area contributed by atoms with Crippen molar-refractivity contribution in [1.29, 1.82) is 5.26 Å². The zero-order valence-electron chi connectivity index (χ0n) is 23.5. The van der Waals surface area contributed by atoms with E-state index in [-0.39, 0.29) is 5.88 Å². The Morgan fingerprint density at radius 1 is 0.841 bits per heavy atom. The first-order chi connectivity index (χ1) is 21.5. The van der Waals surface area contributed by atoms with Gasteiger partial charge in [0.2, 0.25) is 5.88 Å². The molecular formula is C37H27ClN2O4. The number of halogens is 1. The molecule has 44 heavy (non-hydrogen) atoms. The maximum atomic E-state index is 13.6. The summed E-state index contributed by atoms with van der Waals surface area (Å²) in [7, 11) is 0. The first kappa shape index (κ1) is 28.6. The van der Waals surface area contributed by atoms with Gasteiger partial charge >= 0.3 is 5.97 Å². The smallest absolute Gasteiger partial charge is 0.323 e. The van der Waals surface area contributed by atoms with E-state index in [2.05, 4.69) is 6.07 Å². The highest BCUT2D eigenvalue weighted by molar-refractivity contribution is 6.31. The van der Waals surface area contributed by atoms with Gasteiger partial charge in [0.1, 0.15) is 41.4 Å². The molecule has 0 amide bonds. The molecule has 1 aliphatic rings. The Labute approximate surface area is 260 Å². The number of esters is 1. The van der Waals surface area contributed by atoms with Crippen LogP contribution in [0.5, 0.6) is 17.2 Å². The average molecular weight is 599 g/mol. The lowest BCUT2D eigenvalue weighted by Gasteiger charge is -2.27. The number of carbonyl (C=O) groups is 1. The summed E-state index contributed by atoms with van der Waals surface area (Å²) in [6, 6.07) is 41.3. The van der Waals surface area contributed by atoms with Gasteiger partial charge in [-0.25, -0.2) is 0 Å². The van der Waals surface area contributed by atoms with E-state index in [9.17, 15) is 10.1 Å². The van der Waals surface area contributed by atoms with Gasteiger partial charge in [0, 0.05) is 22.2 Å². The second-order valence-corrected chi connectivity index (χ2v) is 10.7. The van der Waals surface area contributed by atoms with Crippen LogP contribution in [0.3, 0.4) is 0 Å². The lowest BCUT2D eigenvalue weighted by molar-refractivity contribution is -0.135. The van der Waals surface area contributed by atoms with Crippen molar-refractivity contribution in [2.75, 3.05) is 0 Å². The predicted octanol–water partition coefficient (Wildman–Crippen LogP) is 7.87. The third-order valence-electron chi connectivity index (χ3n) is 7.48. The summed E-state index contributed by atoms with van der Waals surface area (Å²) < 4.78 is 17.7. The van der Waals surface area contributed by atoms with Crippen molar-refractivity contribution in [3.8, 4) is 23.3 Å². The van der Waals surface area contributed by atoms with E-state index in [0.29, 0.717) is 34.5 Å². The molecule has 0 aliphatic carbocycles. The molecule has 1 heterocycles. The monoisotopic (exact) mass is 598 g/mol. The summed E-state index contributed by atoms with van der Waals surface area (Å²) in [5, 5.41) is 10.6. The molecule has 2 N–H and O–H groups in total. The van der Waals surface area contributed by atoms with Crippen molar-refractivity contribution in [2.24, 2.45) is 5.73 Å². The van der Waals surface area contributed by atoms with Gasteiger partial charge in [0.15, 0.2) is 0 Å². The number of allylic oxidation sites excluding steroid dienone is 1. The van der Waals surface area contributed by atoms with Crippen molar-refractivity contribution >= 4 is 17.6 Å². The quantitative estimate of drug-likeness (QED) is 0.144. The van der Waals surface area contributed by atoms with Gasteiger partial charge in [0.05, 0.1) is 5.92 Å². The van der Waals surface area contributed by atoms with E-state index in [1.165, 1.54) is 0 Å². The van der Waals surface area contributed by atoms with Crippen molar-refractivity contribution in [1.82, 2.24) is 0 Å². The van der Waals surface area contributed by atoms with Gasteiger partial charge in [-0.05, 0) is 41.0 Å². The highest BCUT2D eigenvalue weighted by atomic mass is 35.5. The summed E-state index contributed by atoms with van der Waals surface area (Å²) >= 11 is 6.25. The Balaban J connectivity index is 1.25. The van der Waals surface area contributed by atoms with E-state index in [1.54, 1.807) is 18.2 Å². The molecule has 5 aromatic rings. The second-order valence-electron chi connectivity index (χ2n) is 10.2. The molecule has 1 unspecified atom stereocenters. The van der Waals surface area contributed by atoms with Gasteiger partial charge in [-0.2, -0.15) is 5.26 Å². The van der Waals surface area contributed by atoms with E-state index >= 15 is 0 Å². The minimum absolute atomic E-state index is 0.000954. The number of nitriles is 1. The Morgan fingerprint density at radius 3 is 2.09 bits per heavy atom. The predicted molar refractivity (Wildman–Crippen MR) is 168 cm³/mol. The van der Waals surface area contributed by atoms with Gasteiger partial charge in [-0.3, -0.25) is 4.79 Å². The van der Waals surface area contributed by atoms with Gasteiger partial charge in [0.25, 0.3) is 0 Å². The summed E-state index contributed by atoms with van der Waals surface area (Å²) in [4.78, 5) is 13.6. The Bertz CT molecular complexity index is 1830. The first-order valence-corrected chi connectivity index (χ1v) is 14.4. The number of benzene rings is 5. The third-order valence-corrected chi connectivity index (χ3v) is 7.84. The van der Waals surface area contributed by atoms with E-state index < -0.39 is 17.8 Å². The fourth-order valence-corrected chi connectivity index (χ4v) is 5.50. The van der Waals surface area contributed by atoms with Crippen LogP contribution >= 0.6 is 11.6 Å². The highest BCUT2D eigenvalue weighted by Crippen LogP contribution is 2.44. The zero-order valence-corrected chi connectivity index (χ0v) is 24.3. The van der Waals surface area contributed by atoms with Crippen molar-refractivity contribution < 1.29 is 19.0 Å². The molecule has 0 saturated heterocycles. The Kier molecular flexibility index (Phi) is 8.31. The van der Waals surface area contributed by atoms with Crippen LogP contribution in [0.4, 0.5) is 0 Å². The number of carbonyl (C=O) groups excluding carboxylic acids is 1. The van der Waals surface area contributed by atoms with Crippen LogP contribution in [-0.4, -0.2) is 5.97 Å². The lowest BCUT2D eigenvalue weighted by Crippen LogP contribution is -2.22. The number of rotatable bonds is 8. The van der Waals surface area contributed by atoms with Gasteiger partial charge in [-0.15, -0.1) is 0 Å². The van der Waals surface area contributed by atoms with E-state index in [0.717, 1.165) is 27.8 Å². The molecule has 0 fully saturated rings. The molecule has 0 aromatic heterocycles. The average Bonchev–Trinajstić information content (AvgIpc) is 3.05. The number of nitrogens with zero attached hydrogens (tertiary/aromatic N) is 1. The number of nitrogens with two attached hydrogens (primary N) is 1. The molecule has 0 saturated carbocycles. The summed E-state index contributed by atoms with van der Waals surface area (Å²) in [6.45, 7) is 0.326. The van der Waals surface area contributed by atoms with Gasteiger partial charge in [-0.1, -0.05) is 109 Å². The number of hydrogen-bond acceptors (Lipinski definition) is 6. The van der Waals surface area contributed by atoms with Crippen LogP contribution in [0.2, 0.25) is 5.02 Å². The molecule has 1 aliphatic heterocycles. The molecule has 0 spiro atoms. The molecule has 7 heteroatoms. The van der Waals surface area contributed by atoms with Crippen LogP contribution in [0.1, 0.15) is 39.7 Å². The van der Waals surface area contributed by atoms with Crippen LogP contribution in [0.25, 0.3) is 0 Å². The van der Waals surface area contributed by atoms with Gasteiger partial charge < -0.3 is 19.9 Å².